The third-order valence-electron chi connectivity index (χ3n) is 5.24. The summed E-state index contributed by atoms with van der Waals surface area (Å²) < 4.78 is 8.37. The third-order valence-corrected chi connectivity index (χ3v) is 6.62. The highest BCUT2D eigenvalue weighted by Crippen LogP contribution is 2.29. The van der Waals surface area contributed by atoms with Crippen LogP contribution in [0.1, 0.15) is 25.8 Å². The summed E-state index contributed by atoms with van der Waals surface area (Å²) in [6.45, 7) is 6.72. The second-order valence-corrected chi connectivity index (χ2v) is 9.74. The van der Waals surface area contributed by atoms with Crippen LogP contribution in [0.15, 0.2) is 56.7 Å². The maximum atomic E-state index is 12.8. The van der Waals surface area contributed by atoms with Crippen LogP contribution in [-0.4, -0.2) is 44.4 Å². The molecule has 3 heterocycles. The van der Waals surface area contributed by atoms with Crippen molar-refractivity contribution in [3.8, 4) is 11.6 Å². The average molecular weight is 489 g/mol. The van der Waals surface area contributed by atoms with Crippen molar-refractivity contribution in [3.63, 3.8) is 0 Å². The highest BCUT2D eigenvalue weighted by Gasteiger charge is 2.26. The summed E-state index contributed by atoms with van der Waals surface area (Å²) in [6, 6.07) is 13.9. The highest BCUT2D eigenvalue weighted by molar-refractivity contribution is 9.10. The Morgan fingerprint density at radius 1 is 1.13 bits per heavy atom. The minimum atomic E-state index is 0.162. The lowest BCUT2D eigenvalue weighted by Crippen LogP contribution is -2.43. The molecule has 3 aromatic rings. The van der Waals surface area contributed by atoms with Gasteiger partial charge in [0.25, 0.3) is 0 Å². The Morgan fingerprint density at radius 2 is 1.87 bits per heavy atom. The van der Waals surface area contributed by atoms with Gasteiger partial charge in [0.15, 0.2) is 15.6 Å². The zero-order valence-corrected chi connectivity index (χ0v) is 19.5. The fraction of sp³-hybridized carbons (Fsp3) is 0.409. The molecule has 0 aliphatic carbocycles. The molecule has 1 aliphatic rings. The van der Waals surface area contributed by atoms with Gasteiger partial charge in [-0.1, -0.05) is 55.9 Å². The molecule has 158 valence electrons. The van der Waals surface area contributed by atoms with Gasteiger partial charge >= 0.3 is 0 Å². The molecule has 30 heavy (non-hydrogen) atoms. The largest absolute Gasteiger partial charge is 0.446 e. The van der Waals surface area contributed by atoms with Gasteiger partial charge in [0.05, 0.1) is 12.3 Å². The maximum absolute atomic E-state index is 12.8. The SMILES string of the molecule is CC1CC(C)CN(C(=O)CSc2nnc(-c3ccc(Br)o3)n2Cc2ccccc2)C1. The van der Waals surface area contributed by atoms with Crippen LogP contribution in [0.5, 0.6) is 0 Å². The highest BCUT2D eigenvalue weighted by atomic mass is 79.9. The zero-order valence-electron chi connectivity index (χ0n) is 17.1. The maximum Gasteiger partial charge on any atom is 0.233 e. The molecule has 1 fully saturated rings. The summed E-state index contributed by atoms with van der Waals surface area (Å²) in [6.07, 6.45) is 1.18. The van der Waals surface area contributed by atoms with Crippen LogP contribution in [-0.2, 0) is 11.3 Å². The van der Waals surface area contributed by atoms with Crippen LogP contribution >= 0.6 is 27.7 Å². The molecule has 1 aromatic carbocycles. The van der Waals surface area contributed by atoms with E-state index in [4.69, 9.17) is 4.42 Å². The molecule has 0 radical (unpaired) electrons. The molecule has 0 bridgehead atoms. The number of benzene rings is 1. The van der Waals surface area contributed by atoms with E-state index >= 15 is 0 Å². The van der Waals surface area contributed by atoms with Gasteiger partial charge in [0.2, 0.25) is 11.7 Å². The zero-order chi connectivity index (χ0) is 21.1. The number of aromatic nitrogens is 3. The van der Waals surface area contributed by atoms with Gasteiger partial charge < -0.3 is 9.32 Å². The number of hydrogen-bond acceptors (Lipinski definition) is 5. The Morgan fingerprint density at radius 3 is 2.53 bits per heavy atom. The van der Waals surface area contributed by atoms with E-state index in [0.717, 1.165) is 18.7 Å². The van der Waals surface area contributed by atoms with Gasteiger partial charge in [0, 0.05) is 13.1 Å². The summed E-state index contributed by atoms with van der Waals surface area (Å²) in [5.41, 5.74) is 1.14. The van der Waals surface area contributed by atoms with Gasteiger partial charge in [-0.25, -0.2) is 0 Å². The van der Waals surface area contributed by atoms with Crippen LogP contribution in [0.25, 0.3) is 11.6 Å². The minimum absolute atomic E-state index is 0.162. The lowest BCUT2D eigenvalue weighted by Gasteiger charge is -2.34. The van der Waals surface area contributed by atoms with Gasteiger partial charge in [-0.2, -0.15) is 0 Å². The van der Waals surface area contributed by atoms with Gasteiger partial charge in [0.1, 0.15) is 0 Å². The van der Waals surface area contributed by atoms with E-state index in [9.17, 15) is 4.79 Å². The minimum Gasteiger partial charge on any atom is -0.446 e. The number of furan rings is 1. The summed E-state index contributed by atoms with van der Waals surface area (Å²) in [4.78, 5) is 14.8. The van der Waals surface area contributed by atoms with Crippen LogP contribution in [0.4, 0.5) is 0 Å². The Bertz CT molecular complexity index is 994. The van der Waals surface area contributed by atoms with Crippen molar-refractivity contribution in [2.24, 2.45) is 11.8 Å². The first-order chi connectivity index (χ1) is 14.5. The third kappa shape index (κ3) is 4.98. The quantitative estimate of drug-likeness (QED) is 0.459. The average Bonchev–Trinajstić information content (AvgIpc) is 3.32. The summed E-state index contributed by atoms with van der Waals surface area (Å²) in [5, 5.41) is 9.45. The van der Waals surface area contributed by atoms with E-state index < -0.39 is 0 Å². The fourth-order valence-corrected chi connectivity index (χ4v) is 5.15. The molecule has 1 saturated heterocycles. The van der Waals surface area contributed by atoms with E-state index in [0.29, 0.717) is 45.5 Å². The standard InChI is InChI=1S/C22H25BrN4O2S/c1-15-10-16(2)12-26(11-15)20(28)14-30-22-25-24-21(18-8-9-19(23)29-18)27(22)13-17-6-4-3-5-7-17/h3-9,15-16H,10-14H2,1-2H3. The van der Waals surface area contributed by atoms with Crippen molar-refractivity contribution in [2.75, 3.05) is 18.8 Å². The summed E-state index contributed by atoms with van der Waals surface area (Å²) in [5.74, 6) is 2.91. The number of nitrogens with zero attached hydrogens (tertiary/aromatic N) is 4. The van der Waals surface area contributed by atoms with E-state index in [1.165, 1.54) is 18.2 Å². The molecule has 2 atom stereocenters. The molecule has 4 rings (SSSR count). The Labute approximate surface area is 189 Å². The van der Waals surface area contributed by atoms with Crippen LogP contribution in [0.2, 0.25) is 0 Å². The molecule has 8 heteroatoms. The van der Waals surface area contributed by atoms with Crippen molar-refractivity contribution < 1.29 is 9.21 Å². The van der Waals surface area contributed by atoms with Crippen molar-refractivity contribution in [1.82, 2.24) is 19.7 Å². The molecular weight excluding hydrogens is 464 g/mol. The van der Waals surface area contributed by atoms with Crippen molar-refractivity contribution in [3.05, 3.63) is 52.7 Å². The van der Waals surface area contributed by atoms with E-state index in [2.05, 4.69) is 52.1 Å². The molecular formula is C22H25BrN4O2S. The van der Waals surface area contributed by atoms with Crippen molar-refractivity contribution >= 4 is 33.6 Å². The lowest BCUT2D eigenvalue weighted by atomic mass is 9.92. The molecule has 0 saturated carbocycles. The number of carbonyl (C=O) groups excluding carboxylic acids is 1. The molecule has 0 spiro atoms. The summed E-state index contributed by atoms with van der Waals surface area (Å²) >= 11 is 4.79. The van der Waals surface area contributed by atoms with E-state index in [-0.39, 0.29) is 5.91 Å². The second kappa shape index (κ2) is 9.39. The Kier molecular flexibility index (Phi) is 6.63. The fourth-order valence-electron chi connectivity index (χ4n) is 4.00. The first-order valence-electron chi connectivity index (χ1n) is 10.1. The Hall–Kier alpha value is -2.06. The van der Waals surface area contributed by atoms with Crippen LogP contribution in [0.3, 0.4) is 0 Å². The normalized spacial score (nSPS) is 19.2. The first-order valence-corrected chi connectivity index (χ1v) is 11.9. The van der Waals surface area contributed by atoms with Gasteiger partial charge in [-0.05, 0) is 51.9 Å². The second-order valence-electron chi connectivity index (χ2n) is 8.02. The smallest absolute Gasteiger partial charge is 0.233 e. The topological polar surface area (TPSA) is 64.2 Å². The van der Waals surface area contributed by atoms with Gasteiger partial charge in [-0.3, -0.25) is 9.36 Å². The number of rotatable bonds is 6. The monoisotopic (exact) mass is 488 g/mol. The first kappa shape index (κ1) is 21.2. The van der Waals surface area contributed by atoms with Crippen LogP contribution in [0, 0.1) is 11.8 Å². The number of thioether (sulfide) groups is 1. The number of carbonyl (C=O) groups is 1. The predicted molar refractivity (Wildman–Crippen MR) is 121 cm³/mol. The molecule has 6 nitrogen and oxygen atoms in total. The van der Waals surface area contributed by atoms with E-state index in [1.807, 2.05) is 39.8 Å². The van der Waals surface area contributed by atoms with Crippen LogP contribution < -0.4 is 0 Å². The van der Waals surface area contributed by atoms with Crippen molar-refractivity contribution in [2.45, 2.75) is 32.0 Å². The van der Waals surface area contributed by atoms with E-state index in [1.54, 1.807) is 0 Å². The molecule has 0 N–H and O–H groups in total. The number of piperidine rings is 1. The number of likely N-dealkylation sites (tertiary alicyclic amines) is 1. The molecule has 1 amide bonds. The molecule has 2 unspecified atom stereocenters. The summed E-state index contributed by atoms with van der Waals surface area (Å²) in [7, 11) is 0. The predicted octanol–water partition coefficient (Wildman–Crippen LogP) is 4.95. The van der Waals surface area contributed by atoms with Crippen molar-refractivity contribution in [1.29, 1.82) is 0 Å². The number of hydrogen-bond donors (Lipinski definition) is 0. The number of amides is 1. The molecule has 1 aliphatic heterocycles. The lowest BCUT2D eigenvalue weighted by molar-refractivity contribution is -0.130. The molecule has 2 aromatic heterocycles. The van der Waals surface area contributed by atoms with Gasteiger partial charge in [-0.15, -0.1) is 10.2 Å². The Balaban J connectivity index is 1.53. The number of halogens is 1.